The Morgan fingerprint density at radius 2 is 1.76 bits per heavy atom. The average molecular weight is 417 g/mol. The number of hydrogen-bond acceptors (Lipinski definition) is 6. The lowest BCUT2D eigenvalue weighted by Crippen LogP contribution is -2.39. The molecule has 1 saturated heterocycles. The summed E-state index contributed by atoms with van der Waals surface area (Å²) in [6.07, 6.45) is -4.67. The quantitative estimate of drug-likeness (QED) is 0.390. The van der Waals surface area contributed by atoms with E-state index in [1.165, 1.54) is 14.0 Å². The first-order valence-corrected chi connectivity index (χ1v) is 8.40. The van der Waals surface area contributed by atoms with Crippen molar-refractivity contribution in [1.82, 2.24) is 9.80 Å². The van der Waals surface area contributed by atoms with Crippen molar-refractivity contribution in [3.05, 3.63) is 23.8 Å². The number of nitrogens with one attached hydrogen (secondary N) is 1. The molecule has 0 atom stereocenters. The molecule has 1 N–H and O–H groups in total. The number of rotatable bonds is 8. The summed E-state index contributed by atoms with van der Waals surface area (Å²) in [6.45, 7) is 0.729. The monoisotopic (exact) mass is 417 g/mol. The molecule has 0 bridgehead atoms. The number of alkyl halides is 3. The lowest BCUT2D eigenvalue weighted by Gasteiger charge is -2.17. The van der Waals surface area contributed by atoms with Crippen molar-refractivity contribution in [2.45, 2.75) is 13.1 Å². The number of methoxy groups -OCH3 is 1. The molecule has 0 aromatic heterocycles. The predicted molar refractivity (Wildman–Crippen MR) is 91.9 cm³/mol. The minimum atomic E-state index is -4.67. The number of likely N-dealkylation sites (N-methyl/N-ethyl adjacent to an activating group) is 1. The number of imide groups is 2. The van der Waals surface area contributed by atoms with Crippen LogP contribution in [-0.4, -0.2) is 67.0 Å². The Balaban J connectivity index is 2.20. The molecule has 2 rings (SSSR count). The molecule has 1 aromatic carbocycles. The number of benzene rings is 1. The highest BCUT2D eigenvalue weighted by molar-refractivity contribution is 6.45. The Morgan fingerprint density at radius 3 is 2.31 bits per heavy atom. The van der Waals surface area contributed by atoms with Gasteiger partial charge in [-0.15, -0.1) is 0 Å². The Hall–Kier alpha value is -3.15. The van der Waals surface area contributed by atoms with Gasteiger partial charge in [0.15, 0.2) is 0 Å². The number of carbonyl (C=O) groups excluding carboxylic acids is 4. The molecular formula is C17H18F3N3O6. The van der Waals surface area contributed by atoms with Crippen molar-refractivity contribution in [3.63, 3.8) is 0 Å². The van der Waals surface area contributed by atoms with Crippen molar-refractivity contribution in [1.29, 1.82) is 0 Å². The zero-order valence-corrected chi connectivity index (χ0v) is 15.5. The van der Waals surface area contributed by atoms with Gasteiger partial charge < -0.3 is 14.8 Å². The number of amides is 5. The molecule has 0 saturated carbocycles. The molecule has 158 valence electrons. The van der Waals surface area contributed by atoms with Gasteiger partial charge in [-0.05, 0) is 25.1 Å². The summed E-state index contributed by atoms with van der Waals surface area (Å²) in [5.41, 5.74) is -1.34. The Bertz CT molecular complexity index is 827. The fourth-order valence-corrected chi connectivity index (χ4v) is 2.47. The largest absolute Gasteiger partial charge is 0.489 e. The van der Waals surface area contributed by atoms with Gasteiger partial charge in [-0.2, -0.15) is 13.2 Å². The molecular weight excluding hydrogens is 399 g/mol. The molecule has 0 radical (unpaired) electrons. The van der Waals surface area contributed by atoms with E-state index < -0.39 is 42.0 Å². The standard InChI is InChI=1S/C17H18F3N3O6/c1-3-22-14(25)15(26)23(16(22)27)9-13(24)21-11-8-10(17(18,19)20)4-5-12(11)29-7-6-28-2/h4-5,8H,3,6-7,9H2,1-2H3,(H,21,24). The highest BCUT2D eigenvalue weighted by Gasteiger charge is 2.44. The molecule has 29 heavy (non-hydrogen) atoms. The second-order valence-electron chi connectivity index (χ2n) is 5.82. The van der Waals surface area contributed by atoms with Crippen molar-refractivity contribution in [3.8, 4) is 5.75 Å². The van der Waals surface area contributed by atoms with Crippen LogP contribution >= 0.6 is 0 Å². The van der Waals surface area contributed by atoms with Gasteiger partial charge in [0, 0.05) is 13.7 Å². The summed E-state index contributed by atoms with van der Waals surface area (Å²) in [6, 6.07) is 1.50. The summed E-state index contributed by atoms with van der Waals surface area (Å²) in [7, 11) is 1.41. The summed E-state index contributed by atoms with van der Waals surface area (Å²) in [5, 5.41) is 2.18. The van der Waals surface area contributed by atoms with E-state index in [0.29, 0.717) is 15.9 Å². The van der Waals surface area contributed by atoms with Crippen molar-refractivity contribution in [2.24, 2.45) is 0 Å². The predicted octanol–water partition coefficient (Wildman–Crippen LogP) is 1.48. The van der Waals surface area contributed by atoms with Crippen LogP contribution in [0.4, 0.5) is 23.7 Å². The second kappa shape index (κ2) is 8.90. The van der Waals surface area contributed by atoms with Crippen molar-refractivity contribution in [2.75, 3.05) is 38.7 Å². The van der Waals surface area contributed by atoms with Crippen molar-refractivity contribution < 1.29 is 41.8 Å². The van der Waals surface area contributed by atoms with Crippen LogP contribution in [0, 0.1) is 0 Å². The molecule has 1 aliphatic rings. The molecule has 1 aromatic rings. The van der Waals surface area contributed by atoms with Crippen LogP contribution in [-0.2, 0) is 25.3 Å². The van der Waals surface area contributed by atoms with Gasteiger partial charge >= 0.3 is 24.0 Å². The van der Waals surface area contributed by atoms with Crippen LogP contribution in [0.1, 0.15) is 12.5 Å². The smallest absolute Gasteiger partial charge is 0.416 e. The van der Waals surface area contributed by atoms with Gasteiger partial charge in [0.05, 0.1) is 17.9 Å². The third-order valence-electron chi connectivity index (χ3n) is 3.88. The van der Waals surface area contributed by atoms with E-state index in [1.54, 1.807) is 0 Å². The fourth-order valence-electron chi connectivity index (χ4n) is 2.47. The molecule has 0 aliphatic carbocycles. The van der Waals surface area contributed by atoms with E-state index in [0.717, 1.165) is 12.1 Å². The minimum Gasteiger partial charge on any atom is -0.489 e. The van der Waals surface area contributed by atoms with Gasteiger partial charge in [0.25, 0.3) is 0 Å². The van der Waals surface area contributed by atoms with Gasteiger partial charge in [-0.1, -0.05) is 0 Å². The summed E-state index contributed by atoms with van der Waals surface area (Å²) in [5.74, 6) is -3.30. The number of anilines is 1. The van der Waals surface area contributed by atoms with E-state index >= 15 is 0 Å². The third-order valence-corrected chi connectivity index (χ3v) is 3.88. The number of hydrogen-bond donors (Lipinski definition) is 1. The third kappa shape index (κ3) is 5.02. The van der Waals surface area contributed by atoms with Gasteiger partial charge in [-0.3, -0.25) is 19.3 Å². The second-order valence-corrected chi connectivity index (χ2v) is 5.82. The number of carbonyl (C=O) groups is 4. The lowest BCUT2D eigenvalue weighted by atomic mass is 10.1. The topological polar surface area (TPSA) is 105 Å². The first-order chi connectivity index (χ1) is 13.6. The van der Waals surface area contributed by atoms with Crippen LogP contribution in [0.25, 0.3) is 0 Å². The van der Waals surface area contributed by atoms with E-state index in [2.05, 4.69) is 5.32 Å². The van der Waals surface area contributed by atoms with Crippen LogP contribution in [0.3, 0.4) is 0 Å². The van der Waals surface area contributed by atoms with Gasteiger partial charge in [0.1, 0.15) is 18.9 Å². The van der Waals surface area contributed by atoms with E-state index in [-0.39, 0.29) is 31.2 Å². The normalized spacial score (nSPS) is 14.6. The first-order valence-electron chi connectivity index (χ1n) is 8.40. The van der Waals surface area contributed by atoms with Crippen LogP contribution in [0.2, 0.25) is 0 Å². The molecule has 5 amide bonds. The van der Waals surface area contributed by atoms with Crippen LogP contribution in [0.5, 0.6) is 5.75 Å². The highest BCUT2D eigenvalue weighted by Crippen LogP contribution is 2.35. The molecule has 1 aliphatic heterocycles. The van der Waals surface area contributed by atoms with E-state index in [1.807, 2.05) is 0 Å². The Kier molecular flexibility index (Phi) is 6.80. The number of urea groups is 1. The summed E-state index contributed by atoms with van der Waals surface area (Å²) >= 11 is 0. The summed E-state index contributed by atoms with van der Waals surface area (Å²) < 4.78 is 49.0. The van der Waals surface area contributed by atoms with Crippen molar-refractivity contribution >= 4 is 29.4 Å². The Labute approximate surface area is 163 Å². The first kappa shape index (κ1) is 22.1. The van der Waals surface area contributed by atoms with Gasteiger partial charge in [-0.25, -0.2) is 9.69 Å². The Morgan fingerprint density at radius 1 is 1.10 bits per heavy atom. The van der Waals surface area contributed by atoms with Crippen LogP contribution in [0.15, 0.2) is 18.2 Å². The maximum atomic E-state index is 13.0. The molecule has 1 heterocycles. The zero-order valence-electron chi connectivity index (χ0n) is 15.5. The maximum absolute atomic E-state index is 13.0. The SMILES string of the molecule is CCN1C(=O)C(=O)N(CC(=O)Nc2cc(C(F)(F)F)ccc2OCCOC)C1=O. The number of ether oxygens (including phenoxy) is 2. The average Bonchev–Trinajstić information content (AvgIpc) is 2.85. The minimum absolute atomic E-state index is 0.00773. The molecule has 12 heteroatoms. The molecule has 1 fully saturated rings. The van der Waals surface area contributed by atoms with E-state index in [9.17, 15) is 32.3 Å². The summed E-state index contributed by atoms with van der Waals surface area (Å²) in [4.78, 5) is 48.9. The highest BCUT2D eigenvalue weighted by atomic mass is 19.4. The molecule has 0 unspecified atom stereocenters. The van der Waals surface area contributed by atoms with Gasteiger partial charge in [0.2, 0.25) is 5.91 Å². The van der Waals surface area contributed by atoms with E-state index in [4.69, 9.17) is 9.47 Å². The molecule has 0 spiro atoms. The molecule has 9 nitrogen and oxygen atoms in total. The lowest BCUT2D eigenvalue weighted by molar-refractivity contribution is -0.143. The fraction of sp³-hybridized carbons (Fsp3) is 0.412. The maximum Gasteiger partial charge on any atom is 0.416 e. The zero-order chi connectivity index (χ0) is 21.8. The number of halogens is 3. The van der Waals surface area contributed by atoms with Crippen LogP contribution < -0.4 is 10.1 Å². The number of nitrogens with zero attached hydrogens (tertiary/aromatic N) is 2.